The average Bonchev–Trinajstić information content (AvgIpc) is 2.70. The van der Waals surface area contributed by atoms with E-state index < -0.39 is 22.5 Å². The number of sulfonamides is 1. The zero-order valence-corrected chi connectivity index (χ0v) is 18.2. The number of nitrogens with zero attached hydrogens (tertiary/aromatic N) is 2. The predicted octanol–water partition coefficient (Wildman–Crippen LogP) is 3.43. The Morgan fingerprint density at radius 2 is 1.66 bits per heavy atom. The standard InChI is InChI=1S/C21H27N3O4S/c1-16(21(2,3)4)22-23-20(25)15-24(18-13-9-10-14-19(18)28-5)29(26,27)17-11-7-6-8-12-17/h6-14H,15H2,1-5H3,(H,23,25)/b22-16-. The molecule has 2 aromatic carbocycles. The molecule has 0 unspecified atom stereocenters. The summed E-state index contributed by atoms with van der Waals surface area (Å²) >= 11 is 0. The maximum absolute atomic E-state index is 13.3. The highest BCUT2D eigenvalue weighted by Gasteiger charge is 2.29. The van der Waals surface area contributed by atoms with E-state index >= 15 is 0 Å². The topological polar surface area (TPSA) is 88.1 Å². The molecule has 0 aromatic heterocycles. The largest absolute Gasteiger partial charge is 0.495 e. The Morgan fingerprint density at radius 3 is 2.24 bits per heavy atom. The normalized spacial score (nSPS) is 12.4. The quantitative estimate of drug-likeness (QED) is 0.552. The van der Waals surface area contributed by atoms with Gasteiger partial charge in [0, 0.05) is 11.1 Å². The molecule has 0 spiro atoms. The van der Waals surface area contributed by atoms with Crippen molar-refractivity contribution < 1.29 is 17.9 Å². The van der Waals surface area contributed by atoms with E-state index in [1.807, 2.05) is 20.8 Å². The average molecular weight is 418 g/mol. The van der Waals surface area contributed by atoms with Gasteiger partial charge >= 0.3 is 0 Å². The summed E-state index contributed by atoms with van der Waals surface area (Å²) < 4.78 is 32.9. The lowest BCUT2D eigenvalue weighted by Crippen LogP contribution is -2.40. The van der Waals surface area contributed by atoms with Gasteiger partial charge in [-0.05, 0) is 31.2 Å². The first-order valence-electron chi connectivity index (χ1n) is 9.12. The van der Waals surface area contributed by atoms with Crippen molar-refractivity contribution in [1.82, 2.24) is 5.43 Å². The number of ether oxygens (including phenoxy) is 1. The van der Waals surface area contributed by atoms with Crippen molar-refractivity contribution in [3.05, 3.63) is 54.6 Å². The number of hydrogen-bond acceptors (Lipinski definition) is 5. The molecule has 1 N–H and O–H groups in total. The van der Waals surface area contributed by atoms with Crippen LogP contribution < -0.4 is 14.5 Å². The van der Waals surface area contributed by atoms with E-state index in [-0.39, 0.29) is 16.0 Å². The molecule has 29 heavy (non-hydrogen) atoms. The third-order valence-electron chi connectivity index (χ3n) is 4.41. The molecule has 0 bridgehead atoms. The number of hydrazone groups is 1. The molecule has 0 heterocycles. The van der Waals surface area contributed by atoms with Crippen LogP contribution in [0, 0.1) is 5.41 Å². The van der Waals surface area contributed by atoms with Crippen molar-refractivity contribution in [1.29, 1.82) is 0 Å². The van der Waals surface area contributed by atoms with E-state index in [0.29, 0.717) is 5.75 Å². The number of amides is 1. The maximum atomic E-state index is 13.3. The zero-order chi connectivity index (χ0) is 21.7. The second-order valence-electron chi connectivity index (χ2n) is 7.48. The Kier molecular flexibility index (Phi) is 7.02. The van der Waals surface area contributed by atoms with Gasteiger partial charge in [0.25, 0.3) is 15.9 Å². The number of rotatable bonds is 7. The van der Waals surface area contributed by atoms with Crippen LogP contribution in [0.2, 0.25) is 0 Å². The van der Waals surface area contributed by atoms with E-state index in [1.54, 1.807) is 49.4 Å². The van der Waals surface area contributed by atoms with Crippen molar-refractivity contribution in [3.8, 4) is 5.75 Å². The number of benzene rings is 2. The predicted molar refractivity (Wildman–Crippen MR) is 115 cm³/mol. The fourth-order valence-corrected chi connectivity index (χ4v) is 3.79. The summed E-state index contributed by atoms with van der Waals surface area (Å²) in [4.78, 5) is 12.6. The molecule has 2 aromatic rings. The van der Waals surface area contributed by atoms with E-state index in [4.69, 9.17) is 4.74 Å². The number of nitrogens with one attached hydrogen (secondary N) is 1. The molecule has 7 nitrogen and oxygen atoms in total. The second-order valence-corrected chi connectivity index (χ2v) is 9.34. The molecular weight excluding hydrogens is 390 g/mol. The second kappa shape index (κ2) is 9.09. The van der Waals surface area contributed by atoms with Gasteiger partial charge in [0.2, 0.25) is 0 Å². The van der Waals surface area contributed by atoms with Gasteiger partial charge in [0.05, 0.1) is 17.7 Å². The Labute approximate surface area is 172 Å². The van der Waals surface area contributed by atoms with Crippen LogP contribution in [0.5, 0.6) is 5.75 Å². The van der Waals surface area contributed by atoms with Crippen molar-refractivity contribution in [2.45, 2.75) is 32.6 Å². The van der Waals surface area contributed by atoms with Gasteiger partial charge in [-0.1, -0.05) is 51.1 Å². The number of anilines is 1. The van der Waals surface area contributed by atoms with Crippen LogP contribution in [0.1, 0.15) is 27.7 Å². The van der Waals surface area contributed by atoms with Crippen molar-refractivity contribution in [2.24, 2.45) is 10.5 Å². The molecule has 0 aliphatic carbocycles. The highest BCUT2D eigenvalue weighted by molar-refractivity contribution is 7.92. The molecule has 0 aliphatic rings. The lowest BCUT2D eigenvalue weighted by atomic mass is 9.91. The van der Waals surface area contributed by atoms with Gasteiger partial charge in [0.1, 0.15) is 12.3 Å². The number of para-hydroxylation sites is 2. The molecule has 2 rings (SSSR count). The lowest BCUT2D eigenvalue weighted by molar-refractivity contribution is -0.119. The number of methoxy groups -OCH3 is 1. The van der Waals surface area contributed by atoms with Crippen LogP contribution in [0.3, 0.4) is 0 Å². The van der Waals surface area contributed by atoms with E-state index in [0.717, 1.165) is 10.0 Å². The van der Waals surface area contributed by atoms with Crippen LogP contribution in [-0.2, 0) is 14.8 Å². The summed E-state index contributed by atoms with van der Waals surface area (Å²) in [5.41, 5.74) is 3.23. The Bertz CT molecular complexity index is 980. The molecule has 0 aliphatic heterocycles. The van der Waals surface area contributed by atoms with Crippen molar-refractivity contribution in [2.75, 3.05) is 18.0 Å². The summed E-state index contributed by atoms with van der Waals surface area (Å²) in [5, 5.41) is 4.10. The van der Waals surface area contributed by atoms with Gasteiger partial charge in [0.15, 0.2) is 0 Å². The minimum Gasteiger partial charge on any atom is -0.495 e. The van der Waals surface area contributed by atoms with Gasteiger partial charge in [-0.25, -0.2) is 13.8 Å². The van der Waals surface area contributed by atoms with Crippen LogP contribution in [-0.4, -0.2) is 33.7 Å². The maximum Gasteiger partial charge on any atom is 0.264 e. The minimum absolute atomic E-state index is 0.0769. The first-order valence-corrected chi connectivity index (χ1v) is 10.6. The van der Waals surface area contributed by atoms with Crippen molar-refractivity contribution >= 4 is 27.3 Å². The Balaban J connectivity index is 2.42. The van der Waals surface area contributed by atoms with Gasteiger partial charge < -0.3 is 4.74 Å². The van der Waals surface area contributed by atoms with Gasteiger partial charge in [-0.2, -0.15) is 5.10 Å². The van der Waals surface area contributed by atoms with E-state index in [2.05, 4.69) is 10.5 Å². The van der Waals surface area contributed by atoms with Crippen LogP contribution >= 0.6 is 0 Å². The fraction of sp³-hybridized carbons (Fsp3) is 0.333. The molecule has 0 saturated heterocycles. The van der Waals surface area contributed by atoms with E-state index in [1.165, 1.54) is 19.2 Å². The third kappa shape index (κ3) is 5.57. The van der Waals surface area contributed by atoms with Gasteiger partial charge in [-0.3, -0.25) is 9.10 Å². The number of carbonyl (C=O) groups is 1. The third-order valence-corrected chi connectivity index (χ3v) is 6.18. The molecule has 156 valence electrons. The summed E-state index contributed by atoms with van der Waals surface area (Å²) in [7, 11) is -2.56. The first-order chi connectivity index (χ1) is 13.6. The Hall–Kier alpha value is -2.87. The van der Waals surface area contributed by atoms with E-state index in [9.17, 15) is 13.2 Å². The monoisotopic (exact) mass is 417 g/mol. The first kappa shape index (κ1) is 22.4. The lowest BCUT2D eigenvalue weighted by Gasteiger charge is -2.25. The summed E-state index contributed by atoms with van der Waals surface area (Å²) in [6, 6.07) is 14.6. The molecule has 1 amide bonds. The smallest absolute Gasteiger partial charge is 0.264 e. The highest BCUT2D eigenvalue weighted by atomic mass is 32.2. The number of hydrogen-bond donors (Lipinski definition) is 1. The summed E-state index contributed by atoms with van der Waals surface area (Å²) in [6.07, 6.45) is 0. The van der Waals surface area contributed by atoms with Crippen molar-refractivity contribution in [3.63, 3.8) is 0 Å². The molecule has 0 atom stereocenters. The Morgan fingerprint density at radius 1 is 1.07 bits per heavy atom. The molecule has 0 radical (unpaired) electrons. The molecule has 8 heteroatoms. The minimum atomic E-state index is -4.00. The fourth-order valence-electron chi connectivity index (χ4n) is 2.33. The SMILES string of the molecule is COc1ccccc1N(CC(=O)N/N=C(/C)C(C)(C)C)S(=O)(=O)c1ccccc1. The molecule has 0 fully saturated rings. The molecular formula is C21H27N3O4S. The zero-order valence-electron chi connectivity index (χ0n) is 17.3. The van der Waals surface area contributed by atoms with Gasteiger partial charge in [-0.15, -0.1) is 0 Å². The highest BCUT2D eigenvalue weighted by Crippen LogP contribution is 2.32. The number of carbonyl (C=O) groups excluding carboxylic acids is 1. The molecule has 0 saturated carbocycles. The van der Waals surface area contributed by atoms with Crippen LogP contribution in [0.25, 0.3) is 0 Å². The van der Waals surface area contributed by atoms with Crippen LogP contribution in [0.15, 0.2) is 64.6 Å². The summed E-state index contributed by atoms with van der Waals surface area (Å²) in [5.74, 6) is -0.215. The summed E-state index contributed by atoms with van der Waals surface area (Å²) in [6.45, 7) is 7.27. The van der Waals surface area contributed by atoms with Crippen LogP contribution in [0.4, 0.5) is 5.69 Å².